The average Bonchev–Trinajstić information content (AvgIpc) is 2.10. The Hall–Kier alpha value is -0.610. The molecule has 1 rings (SSSR count). The zero-order chi connectivity index (χ0) is 10.6. The van der Waals surface area contributed by atoms with E-state index in [0.717, 1.165) is 5.75 Å². The van der Waals surface area contributed by atoms with Crippen molar-refractivity contribution in [2.75, 3.05) is 23.1 Å². The van der Waals surface area contributed by atoms with E-state index < -0.39 is 0 Å². The Labute approximate surface area is 93.4 Å². The second-order valence-corrected chi connectivity index (χ2v) is 4.44. The summed E-state index contributed by atoms with van der Waals surface area (Å²) in [5.41, 5.74) is 6.34. The zero-order valence-corrected chi connectivity index (χ0v) is 9.82. The lowest BCUT2D eigenvalue weighted by Crippen LogP contribution is -2.19. The fourth-order valence-electron chi connectivity index (χ4n) is 1.10. The Morgan fingerprint density at radius 1 is 1.71 bits per heavy atom. The van der Waals surface area contributed by atoms with Crippen molar-refractivity contribution in [1.29, 1.82) is 0 Å². The molecule has 1 aromatic heterocycles. The standard InChI is InChI=1S/C9H14ClN3S/c1-6(5-14-2)13-9-8(11)3-7(10)4-12-9/h3-4,6H,5,11H2,1-2H3,(H,12,13). The predicted octanol–water partition coefficient (Wildman–Crippen LogP) is 2.48. The van der Waals surface area contributed by atoms with Gasteiger partial charge in [-0.1, -0.05) is 11.6 Å². The Kier molecular flexibility index (Phi) is 4.35. The van der Waals surface area contributed by atoms with Gasteiger partial charge in [0.1, 0.15) is 5.82 Å². The van der Waals surface area contributed by atoms with Crippen LogP contribution in [0.15, 0.2) is 12.3 Å². The van der Waals surface area contributed by atoms with Crippen LogP contribution >= 0.6 is 23.4 Å². The van der Waals surface area contributed by atoms with E-state index in [2.05, 4.69) is 23.5 Å². The van der Waals surface area contributed by atoms with Gasteiger partial charge in [0.05, 0.1) is 10.7 Å². The summed E-state index contributed by atoms with van der Waals surface area (Å²) in [6.07, 6.45) is 3.66. The molecule has 5 heteroatoms. The van der Waals surface area contributed by atoms with Gasteiger partial charge in [0.25, 0.3) is 0 Å². The molecular weight excluding hydrogens is 218 g/mol. The summed E-state index contributed by atoms with van der Waals surface area (Å²) >= 11 is 7.52. The van der Waals surface area contributed by atoms with E-state index in [1.165, 1.54) is 0 Å². The molecule has 0 radical (unpaired) electrons. The molecule has 0 aliphatic carbocycles. The lowest BCUT2D eigenvalue weighted by Gasteiger charge is -2.14. The molecule has 0 bridgehead atoms. The van der Waals surface area contributed by atoms with Crippen molar-refractivity contribution < 1.29 is 0 Å². The molecule has 0 aromatic carbocycles. The largest absolute Gasteiger partial charge is 0.396 e. The summed E-state index contributed by atoms with van der Waals surface area (Å²) in [6, 6.07) is 2.05. The maximum atomic E-state index is 5.75. The van der Waals surface area contributed by atoms with E-state index in [4.69, 9.17) is 17.3 Å². The van der Waals surface area contributed by atoms with Crippen molar-refractivity contribution in [3.63, 3.8) is 0 Å². The maximum absolute atomic E-state index is 5.75. The molecule has 1 atom stereocenters. The molecule has 0 aliphatic heterocycles. The van der Waals surface area contributed by atoms with Crippen LogP contribution in [0.5, 0.6) is 0 Å². The highest BCUT2D eigenvalue weighted by Gasteiger charge is 2.05. The normalized spacial score (nSPS) is 12.5. The second kappa shape index (κ2) is 5.32. The number of nitrogens with two attached hydrogens (primary N) is 1. The number of hydrogen-bond donors (Lipinski definition) is 2. The first-order chi connectivity index (χ1) is 6.63. The minimum Gasteiger partial charge on any atom is -0.396 e. The van der Waals surface area contributed by atoms with Gasteiger partial charge in [-0.25, -0.2) is 4.98 Å². The summed E-state index contributed by atoms with van der Waals surface area (Å²) in [5, 5.41) is 3.78. The smallest absolute Gasteiger partial charge is 0.149 e. The fourth-order valence-corrected chi connectivity index (χ4v) is 1.85. The first-order valence-electron chi connectivity index (χ1n) is 4.30. The molecule has 0 fully saturated rings. The number of aromatic nitrogens is 1. The van der Waals surface area contributed by atoms with Crippen LogP contribution in [-0.4, -0.2) is 23.0 Å². The number of thioether (sulfide) groups is 1. The van der Waals surface area contributed by atoms with Crippen molar-refractivity contribution in [1.82, 2.24) is 4.98 Å². The number of anilines is 2. The van der Waals surface area contributed by atoms with Gasteiger partial charge in [0, 0.05) is 18.0 Å². The highest BCUT2D eigenvalue weighted by molar-refractivity contribution is 7.98. The molecule has 3 N–H and O–H groups in total. The summed E-state index contributed by atoms with van der Waals surface area (Å²) in [5.74, 6) is 1.72. The Morgan fingerprint density at radius 3 is 3.00 bits per heavy atom. The average molecular weight is 232 g/mol. The molecule has 0 amide bonds. The van der Waals surface area contributed by atoms with Crippen LogP contribution < -0.4 is 11.1 Å². The van der Waals surface area contributed by atoms with Gasteiger partial charge < -0.3 is 11.1 Å². The molecule has 3 nitrogen and oxygen atoms in total. The Balaban J connectivity index is 2.67. The van der Waals surface area contributed by atoms with Gasteiger partial charge in [-0.15, -0.1) is 0 Å². The molecule has 0 aliphatic rings. The number of pyridine rings is 1. The molecule has 0 saturated heterocycles. The van der Waals surface area contributed by atoms with Crippen LogP contribution in [-0.2, 0) is 0 Å². The van der Waals surface area contributed by atoms with Crippen molar-refractivity contribution >= 4 is 34.9 Å². The molecular formula is C9H14ClN3S. The van der Waals surface area contributed by atoms with Crippen LogP contribution in [0, 0.1) is 0 Å². The van der Waals surface area contributed by atoms with E-state index in [1.54, 1.807) is 24.0 Å². The number of nitrogen functional groups attached to an aromatic ring is 1. The molecule has 1 aromatic rings. The SMILES string of the molecule is CSCC(C)Nc1ncc(Cl)cc1N. The summed E-state index contributed by atoms with van der Waals surface area (Å²) in [7, 11) is 0. The number of halogens is 1. The van der Waals surface area contributed by atoms with Gasteiger partial charge in [0.15, 0.2) is 0 Å². The molecule has 0 spiro atoms. The number of nitrogens with zero attached hydrogens (tertiary/aromatic N) is 1. The molecule has 1 unspecified atom stereocenters. The van der Waals surface area contributed by atoms with Gasteiger partial charge in [-0.2, -0.15) is 11.8 Å². The van der Waals surface area contributed by atoms with Crippen molar-refractivity contribution in [2.24, 2.45) is 0 Å². The third-order valence-electron chi connectivity index (χ3n) is 1.68. The quantitative estimate of drug-likeness (QED) is 0.836. The molecule has 0 saturated carbocycles. The van der Waals surface area contributed by atoms with Gasteiger partial charge >= 0.3 is 0 Å². The van der Waals surface area contributed by atoms with Gasteiger partial charge in [-0.3, -0.25) is 0 Å². The van der Waals surface area contributed by atoms with E-state index in [-0.39, 0.29) is 0 Å². The minimum atomic E-state index is 0.348. The van der Waals surface area contributed by atoms with Crippen LogP contribution in [0.3, 0.4) is 0 Å². The van der Waals surface area contributed by atoms with Crippen LogP contribution in [0.1, 0.15) is 6.92 Å². The number of nitrogens with one attached hydrogen (secondary N) is 1. The minimum absolute atomic E-state index is 0.348. The zero-order valence-electron chi connectivity index (χ0n) is 8.25. The monoisotopic (exact) mass is 231 g/mol. The third kappa shape index (κ3) is 3.27. The highest BCUT2D eigenvalue weighted by Crippen LogP contribution is 2.20. The molecule has 78 valence electrons. The summed E-state index contributed by atoms with van der Waals surface area (Å²) in [4.78, 5) is 4.12. The number of rotatable bonds is 4. The Bertz CT molecular complexity index is 306. The third-order valence-corrected chi connectivity index (χ3v) is 2.72. The topological polar surface area (TPSA) is 50.9 Å². The van der Waals surface area contributed by atoms with E-state index in [9.17, 15) is 0 Å². The van der Waals surface area contributed by atoms with Crippen molar-refractivity contribution in [3.8, 4) is 0 Å². The highest BCUT2D eigenvalue weighted by atomic mass is 35.5. The van der Waals surface area contributed by atoms with E-state index in [1.807, 2.05) is 0 Å². The van der Waals surface area contributed by atoms with Gasteiger partial charge in [-0.05, 0) is 19.2 Å². The summed E-state index contributed by atoms with van der Waals surface area (Å²) in [6.45, 7) is 2.09. The lowest BCUT2D eigenvalue weighted by molar-refractivity contribution is 0.904. The molecule has 1 heterocycles. The summed E-state index contributed by atoms with van der Waals surface area (Å²) < 4.78 is 0. The van der Waals surface area contributed by atoms with E-state index >= 15 is 0 Å². The maximum Gasteiger partial charge on any atom is 0.149 e. The first kappa shape index (κ1) is 11.5. The van der Waals surface area contributed by atoms with E-state index in [0.29, 0.717) is 22.6 Å². The lowest BCUT2D eigenvalue weighted by atomic mass is 10.3. The van der Waals surface area contributed by atoms with Gasteiger partial charge in [0.2, 0.25) is 0 Å². The van der Waals surface area contributed by atoms with Crippen LogP contribution in [0.2, 0.25) is 5.02 Å². The van der Waals surface area contributed by atoms with Crippen LogP contribution in [0.25, 0.3) is 0 Å². The van der Waals surface area contributed by atoms with Crippen molar-refractivity contribution in [2.45, 2.75) is 13.0 Å². The first-order valence-corrected chi connectivity index (χ1v) is 6.07. The Morgan fingerprint density at radius 2 is 2.43 bits per heavy atom. The fraction of sp³-hybridized carbons (Fsp3) is 0.444. The predicted molar refractivity (Wildman–Crippen MR) is 65.1 cm³/mol. The van der Waals surface area contributed by atoms with Crippen LogP contribution in [0.4, 0.5) is 11.5 Å². The molecule has 14 heavy (non-hydrogen) atoms. The second-order valence-electron chi connectivity index (χ2n) is 3.09. The number of hydrogen-bond acceptors (Lipinski definition) is 4. The van der Waals surface area contributed by atoms with Crippen molar-refractivity contribution in [3.05, 3.63) is 17.3 Å².